The number of rotatable bonds is 3. The molecule has 0 heterocycles. The Morgan fingerprint density at radius 1 is 1.75 bits per heavy atom. The van der Waals surface area contributed by atoms with Crippen LogP contribution in [0.3, 0.4) is 0 Å². The van der Waals surface area contributed by atoms with E-state index >= 15 is 0 Å². The van der Waals surface area contributed by atoms with E-state index in [0.717, 1.165) is 6.92 Å². The number of halogens is 1. The van der Waals surface area contributed by atoms with Crippen molar-refractivity contribution in [3.05, 3.63) is 0 Å². The minimum absolute atomic E-state index is 1.14. The zero-order valence-electron chi connectivity index (χ0n) is 4.68. The Bertz CT molecular complexity index is 84.6. The fourth-order valence-corrected chi connectivity index (χ4v) is 0.542. The van der Waals surface area contributed by atoms with Crippen LogP contribution in [0.1, 0.15) is 6.92 Å². The van der Waals surface area contributed by atoms with E-state index in [1.54, 1.807) is 0 Å². The summed E-state index contributed by atoms with van der Waals surface area (Å²) in [5, 5.41) is 0. The first kappa shape index (κ1) is 7.55. The standard InChI is InChI=1S/C3H7FO3Si/c1-3(4)7-8(5)6-2/h3H,1-2H3. The molecule has 0 aromatic rings. The van der Waals surface area contributed by atoms with Gasteiger partial charge in [0, 0.05) is 6.92 Å². The van der Waals surface area contributed by atoms with Crippen LogP contribution in [-0.4, -0.2) is 22.6 Å². The van der Waals surface area contributed by atoms with Gasteiger partial charge in [-0.2, -0.15) is 0 Å². The molecule has 0 aliphatic heterocycles. The third-order valence-electron chi connectivity index (χ3n) is 0.425. The maximum Gasteiger partial charge on any atom is 0.769 e. The van der Waals surface area contributed by atoms with Gasteiger partial charge in [0.15, 0.2) is 0 Å². The van der Waals surface area contributed by atoms with E-state index in [4.69, 9.17) is 0 Å². The van der Waals surface area contributed by atoms with Crippen molar-refractivity contribution in [1.82, 2.24) is 0 Å². The van der Waals surface area contributed by atoms with Crippen molar-refractivity contribution in [2.24, 2.45) is 0 Å². The average Bonchev–Trinajstić information content (AvgIpc) is 1.65. The minimum atomic E-state index is -2.55. The predicted octanol–water partition coefficient (Wildman–Crippen LogP) is 0.380. The summed E-state index contributed by atoms with van der Waals surface area (Å²) in [5.41, 5.74) is 0. The van der Waals surface area contributed by atoms with E-state index in [2.05, 4.69) is 8.85 Å². The Hall–Kier alpha value is -0.453. The topological polar surface area (TPSA) is 35.5 Å². The summed E-state index contributed by atoms with van der Waals surface area (Å²) in [4.78, 5) is 0. The van der Waals surface area contributed by atoms with Gasteiger partial charge in [0.1, 0.15) is 0 Å². The van der Waals surface area contributed by atoms with Crippen LogP contribution < -0.4 is 0 Å². The molecule has 1 unspecified atom stereocenters. The van der Waals surface area contributed by atoms with E-state index in [1.807, 2.05) is 0 Å². The van der Waals surface area contributed by atoms with Crippen LogP contribution >= 0.6 is 0 Å². The normalized spacial score (nSPS) is 12.4. The lowest BCUT2D eigenvalue weighted by Gasteiger charge is -2.00. The van der Waals surface area contributed by atoms with Crippen LogP contribution in [0, 0.1) is 0 Å². The molecule has 0 aromatic carbocycles. The second-order valence-corrected chi connectivity index (χ2v) is 2.26. The van der Waals surface area contributed by atoms with E-state index < -0.39 is 15.5 Å². The van der Waals surface area contributed by atoms with Crippen LogP contribution in [0.2, 0.25) is 0 Å². The van der Waals surface area contributed by atoms with Crippen molar-refractivity contribution < 1.29 is 17.7 Å². The van der Waals surface area contributed by atoms with Crippen LogP contribution in [0.5, 0.6) is 0 Å². The van der Waals surface area contributed by atoms with Crippen molar-refractivity contribution in [2.45, 2.75) is 13.3 Å². The molecule has 0 aliphatic carbocycles. The molecule has 0 saturated carbocycles. The van der Waals surface area contributed by atoms with Crippen molar-refractivity contribution in [1.29, 1.82) is 0 Å². The third kappa shape index (κ3) is 3.73. The number of alkyl halides is 1. The molecule has 8 heavy (non-hydrogen) atoms. The van der Waals surface area contributed by atoms with Gasteiger partial charge in [-0.25, -0.2) is 4.39 Å². The quantitative estimate of drug-likeness (QED) is 0.529. The molecule has 0 spiro atoms. The van der Waals surface area contributed by atoms with Crippen molar-refractivity contribution in [2.75, 3.05) is 7.11 Å². The van der Waals surface area contributed by atoms with Gasteiger partial charge in [-0.15, -0.1) is 0 Å². The van der Waals surface area contributed by atoms with Crippen molar-refractivity contribution in [3.63, 3.8) is 0 Å². The molecular formula is C3H7FO3Si. The molecule has 0 radical (unpaired) electrons. The second kappa shape index (κ2) is 3.54. The van der Waals surface area contributed by atoms with E-state index in [1.165, 1.54) is 7.11 Å². The molecule has 3 nitrogen and oxygen atoms in total. The van der Waals surface area contributed by atoms with Crippen LogP contribution in [0.15, 0.2) is 0 Å². The van der Waals surface area contributed by atoms with Gasteiger partial charge in [0.25, 0.3) is 0 Å². The lowest BCUT2D eigenvalue weighted by molar-refractivity contribution is 0.0474. The molecule has 0 amide bonds. The Balaban J connectivity index is 3.25. The van der Waals surface area contributed by atoms with Gasteiger partial charge in [-0.1, -0.05) is 0 Å². The third-order valence-corrected chi connectivity index (χ3v) is 1.28. The molecule has 0 bridgehead atoms. The Morgan fingerprint density at radius 2 is 2.25 bits per heavy atom. The Labute approximate surface area is 48.3 Å². The molecule has 0 fully saturated rings. The summed E-state index contributed by atoms with van der Waals surface area (Å²) in [6.07, 6.45) is -1.51. The summed E-state index contributed by atoms with van der Waals surface area (Å²) in [7, 11) is -1.36. The van der Waals surface area contributed by atoms with Crippen LogP contribution in [0.4, 0.5) is 4.39 Å². The van der Waals surface area contributed by atoms with E-state index in [0.29, 0.717) is 0 Å². The zero-order chi connectivity index (χ0) is 6.57. The van der Waals surface area contributed by atoms with Gasteiger partial charge in [0.2, 0.25) is 6.36 Å². The first-order chi connectivity index (χ1) is 3.66. The highest BCUT2D eigenvalue weighted by atomic mass is 28.3. The lowest BCUT2D eigenvalue weighted by atomic mass is 10.8. The van der Waals surface area contributed by atoms with Gasteiger partial charge in [-0.3, -0.25) is 4.46 Å². The Morgan fingerprint density at radius 3 is 2.38 bits per heavy atom. The molecule has 0 aliphatic rings. The fraction of sp³-hybridized carbons (Fsp3) is 1.00. The highest BCUT2D eigenvalue weighted by Crippen LogP contribution is 1.89. The summed E-state index contributed by atoms with van der Waals surface area (Å²) in [6, 6.07) is 0. The SMILES string of the molecule is CO[Si](=O)OC(C)F. The first-order valence-corrected chi connectivity index (χ1v) is 3.28. The summed E-state index contributed by atoms with van der Waals surface area (Å²) in [6.45, 7) is 1.14. The summed E-state index contributed by atoms with van der Waals surface area (Å²) >= 11 is 0. The first-order valence-electron chi connectivity index (χ1n) is 2.05. The van der Waals surface area contributed by atoms with Crippen molar-refractivity contribution >= 4 is 9.17 Å². The van der Waals surface area contributed by atoms with Crippen molar-refractivity contribution in [3.8, 4) is 0 Å². The number of hydrogen-bond acceptors (Lipinski definition) is 3. The molecule has 1 atom stereocenters. The predicted molar refractivity (Wildman–Crippen MR) is 25.1 cm³/mol. The maximum atomic E-state index is 11.7. The highest BCUT2D eigenvalue weighted by Gasteiger charge is 2.11. The summed E-state index contributed by atoms with van der Waals surface area (Å²) in [5.74, 6) is 0. The molecule has 5 heteroatoms. The Kier molecular flexibility index (Phi) is 3.34. The van der Waals surface area contributed by atoms with Gasteiger partial charge < -0.3 is 8.85 Å². The van der Waals surface area contributed by atoms with Crippen LogP contribution in [-0.2, 0) is 13.3 Å². The molecular weight excluding hydrogens is 131 g/mol. The molecule has 0 aromatic heterocycles. The average molecular weight is 138 g/mol. The van der Waals surface area contributed by atoms with Gasteiger partial charge in [-0.05, 0) is 0 Å². The fourth-order valence-electron chi connectivity index (χ4n) is 0.181. The van der Waals surface area contributed by atoms with Crippen LogP contribution in [0.25, 0.3) is 0 Å². The minimum Gasteiger partial charge on any atom is -0.499 e. The largest absolute Gasteiger partial charge is 0.769 e. The van der Waals surface area contributed by atoms with E-state index in [-0.39, 0.29) is 0 Å². The summed E-state index contributed by atoms with van der Waals surface area (Å²) < 4.78 is 30.0. The second-order valence-electron chi connectivity index (χ2n) is 1.11. The smallest absolute Gasteiger partial charge is 0.499 e. The van der Waals surface area contributed by atoms with E-state index in [9.17, 15) is 8.85 Å². The zero-order valence-corrected chi connectivity index (χ0v) is 5.68. The highest BCUT2D eigenvalue weighted by molar-refractivity contribution is 6.26. The molecule has 48 valence electrons. The van der Waals surface area contributed by atoms with Gasteiger partial charge >= 0.3 is 9.17 Å². The monoisotopic (exact) mass is 138 g/mol. The number of hydrogen-bond donors (Lipinski definition) is 0. The molecule has 0 saturated heterocycles. The lowest BCUT2D eigenvalue weighted by Crippen LogP contribution is -2.14. The molecule has 0 N–H and O–H groups in total. The maximum absolute atomic E-state index is 11.7. The molecule has 0 rings (SSSR count). The van der Waals surface area contributed by atoms with Gasteiger partial charge in [0.05, 0.1) is 7.11 Å².